The number of anilines is 3. The first kappa shape index (κ1) is 24.7. The smallest absolute Gasteiger partial charge is 0.229 e. The summed E-state index contributed by atoms with van der Waals surface area (Å²) in [6, 6.07) is 9.71. The highest BCUT2D eigenvalue weighted by Crippen LogP contribution is 2.36. The molecule has 2 fully saturated rings. The molecule has 1 amide bonds. The number of aryl methyl sites for hydroxylation is 1. The molecule has 35 heavy (non-hydrogen) atoms. The molecule has 4 rings (SSSR count). The Morgan fingerprint density at radius 3 is 2.71 bits per heavy atom. The summed E-state index contributed by atoms with van der Waals surface area (Å²) in [6.07, 6.45) is 7.08. The summed E-state index contributed by atoms with van der Waals surface area (Å²) in [7, 11) is 0. The van der Waals surface area contributed by atoms with Gasteiger partial charge in [0, 0.05) is 44.5 Å². The minimum atomic E-state index is 0.0761. The highest BCUT2D eigenvalue weighted by molar-refractivity contribution is 5.76. The van der Waals surface area contributed by atoms with Gasteiger partial charge >= 0.3 is 0 Å². The number of morpholine rings is 1. The van der Waals surface area contributed by atoms with Crippen molar-refractivity contribution >= 4 is 23.4 Å². The van der Waals surface area contributed by atoms with E-state index >= 15 is 0 Å². The molecule has 2 aromatic rings. The van der Waals surface area contributed by atoms with Crippen LogP contribution < -0.4 is 21.7 Å². The van der Waals surface area contributed by atoms with Crippen LogP contribution >= 0.6 is 0 Å². The van der Waals surface area contributed by atoms with Crippen LogP contribution in [0, 0.1) is 5.92 Å². The normalized spacial score (nSPS) is 16.5. The van der Waals surface area contributed by atoms with Gasteiger partial charge in [-0.15, -0.1) is 0 Å². The number of benzene rings is 1. The second kappa shape index (κ2) is 12.3. The molecule has 1 aliphatic carbocycles. The van der Waals surface area contributed by atoms with Gasteiger partial charge < -0.3 is 26.4 Å². The van der Waals surface area contributed by atoms with Gasteiger partial charge in [-0.05, 0) is 60.6 Å². The van der Waals surface area contributed by atoms with Crippen LogP contribution in [0.5, 0.6) is 0 Å². The molecule has 0 radical (unpaired) electrons. The standard InChI is InChI=1S/C26H35N7O2/c1-19(21-5-6-21)18-23(27)31-24-10-11-29-26(32-24)30-22-7-2-20(3-8-22)4-9-25(34)28-12-13-33-14-16-35-17-15-33/h2-3,7-8,10-11,18,21H,1,4-6,9,12-17,27H2,(H,28,34)(H2,29,30,31,32)/b23-18+. The number of nitrogens with zero attached hydrogens (tertiary/aromatic N) is 3. The summed E-state index contributed by atoms with van der Waals surface area (Å²) in [5, 5.41) is 9.30. The van der Waals surface area contributed by atoms with E-state index in [-0.39, 0.29) is 5.91 Å². The van der Waals surface area contributed by atoms with E-state index in [2.05, 4.69) is 37.4 Å². The first-order valence-corrected chi connectivity index (χ1v) is 12.2. The Balaban J connectivity index is 1.20. The number of ether oxygens (including phenoxy) is 1. The first-order chi connectivity index (χ1) is 17.0. The van der Waals surface area contributed by atoms with E-state index in [0.717, 1.165) is 49.7 Å². The Kier molecular flexibility index (Phi) is 8.69. The summed E-state index contributed by atoms with van der Waals surface area (Å²) in [4.78, 5) is 23.2. The Labute approximate surface area is 206 Å². The minimum absolute atomic E-state index is 0.0761. The highest BCUT2D eigenvalue weighted by atomic mass is 16.5. The summed E-state index contributed by atoms with van der Waals surface area (Å²) in [6.45, 7) is 9.02. The zero-order valence-electron chi connectivity index (χ0n) is 20.1. The summed E-state index contributed by atoms with van der Waals surface area (Å²) < 4.78 is 5.34. The molecule has 1 aliphatic heterocycles. The molecule has 1 aromatic carbocycles. The molecule has 9 heteroatoms. The zero-order valence-corrected chi connectivity index (χ0v) is 20.1. The van der Waals surface area contributed by atoms with Gasteiger partial charge in [0.2, 0.25) is 11.9 Å². The Morgan fingerprint density at radius 1 is 1.20 bits per heavy atom. The van der Waals surface area contributed by atoms with Crippen molar-refractivity contribution in [1.82, 2.24) is 20.2 Å². The van der Waals surface area contributed by atoms with Gasteiger partial charge in [-0.25, -0.2) is 4.98 Å². The van der Waals surface area contributed by atoms with Gasteiger partial charge in [0.25, 0.3) is 0 Å². The number of nitrogens with one attached hydrogen (secondary N) is 3. The third-order valence-electron chi connectivity index (χ3n) is 6.08. The quantitative estimate of drug-likeness (QED) is 0.345. The van der Waals surface area contributed by atoms with E-state index < -0.39 is 0 Å². The van der Waals surface area contributed by atoms with Crippen molar-refractivity contribution in [3.05, 3.63) is 66.1 Å². The predicted octanol–water partition coefficient (Wildman–Crippen LogP) is 2.78. The molecule has 1 saturated carbocycles. The van der Waals surface area contributed by atoms with Crippen LogP contribution in [0.4, 0.5) is 17.5 Å². The van der Waals surface area contributed by atoms with Gasteiger partial charge in [0.05, 0.1) is 13.2 Å². The number of aromatic nitrogens is 2. The van der Waals surface area contributed by atoms with E-state index in [1.807, 2.05) is 30.3 Å². The van der Waals surface area contributed by atoms with Crippen molar-refractivity contribution in [3.63, 3.8) is 0 Å². The van der Waals surface area contributed by atoms with Crippen LogP contribution in [-0.4, -0.2) is 60.2 Å². The Hall–Kier alpha value is -3.43. The van der Waals surface area contributed by atoms with Crippen molar-refractivity contribution in [2.45, 2.75) is 25.7 Å². The fraction of sp³-hybridized carbons (Fsp3) is 0.423. The van der Waals surface area contributed by atoms with Crippen LogP contribution in [-0.2, 0) is 16.0 Å². The van der Waals surface area contributed by atoms with E-state index in [1.54, 1.807) is 12.3 Å². The molecule has 2 heterocycles. The van der Waals surface area contributed by atoms with Crippen molar-refractivity contribution in [2.24, 2.45) is 11.7 Å². The fourth-order valence-corrected chi connectivity index (χ4v) is 3.85. The SMILES string of the molecule is C=C(/C=C(\N)Nc1ccnc(Nc2ccc(CCC(=O)NCCN3CCOCC3)cc2)n1)C1CC1. The topological polar surface area (TPSA) is 117 Å². The maximum absolute atomic E-state index is 12.2. The van der Waals surface area contributed by atoms with Crippen LogP contribution in [0.1, 0.15) is 24.8 Å². The average Bonchev–Trinajstić information content (AvgIpc) is 3.70. The number of amides is 1. The molecule has 0 atom stereocenters. The van der Waals surface area contributed by atoms with Gasteiger partial charge in [0.15, 0.2) is 0 Å². The molecule has 1 aromatic heterocycles. The Morgan fingerprint density at radius 2 is 1.97 bits per heavy atom. The van der Waals surface area contributed by atoms with E-state index in [0.29, 0.717) is 42.9 Å². The lowest BCUT2D eigenvalue weighted by atomic mass is 10.1. The maximum Gasteiger partial charge on any atom is 0.229 e. The lowest BCUT2D eigenvalue weighted by molar-refractivity contribution is -0.121. The minimum Gasteiger partial charge on any atom is -0.385 e. The molecule has 1 saturated heterocycles. The number of hydrogen-bond donors (Lipinski definition) is 4. The molecular weight excluding hydrogens is 442 g/mol. The summed E-state index contributed by atoms with van der Waals surface area (Å²) in [5.41, 5.74) is 9.09. The molecule has 9 nitrogen and oxygen atoms in total. The number of carbonyl (C=O) groups excluding carboxylic acids is 1. The van der Waals surface area contributed by atoms with Crippen LogP contribution in [0.3, 0.4) is 0 Å². The summed E-state index contributed by atoms with van der Waals surface area (Å²) >= 11 is 0. The van der Waals surface area contributed by atoms with Gasteiger partial charge in [-0.3, -0.25) is 9.69 Å². The van der Waals surface area contributed by atoms with Crippen LogP contribution in [0.15, 0.2) is 60.6 Å². The van der Waals surface area contributed by atoms with Gasteiger partial charge in [0.1, 0.15) is 11.6 Å². The molecule has 0 bridgehead atoms. The van der Waals surface area contributed by atoms with Gasteiger partial charge in [-0.2, -0.15) is 4.98 Å². The molecule has 5 N–H and O–H groups in total. The van der Waals surface area contributed by atoms with Crippen molar-refractivity contribution in [1.29, 1.82) is 0 Å². The molecule has 0 unspecified atom stereocenters. The number of carbonyl (C=O) groups is 1. The lowest BCUT2D eigenvalue weighted by Crippen LogP contribution is -2.41. The second-order valence-corrected chi connectivity index (χ2v) is 8.97. The summed E-state index contributed by atoms with van der Waals surface area (Å²) in [5.74, 6) is 2.23. The lowest BCUT2D eigenvalue weighted by Gasteiger charge is -2.26. The second-order valence-electron chi connectivity index (χ2n) is 8.97. The van der Waals surface area contributed by atoms with E-state index in [1.165, 1.54) is 12.8 Å². The number of rotatable bonds is 12. The average molecular weight is 478 g/mol. The van der Waals surface area contributed by atoms with Crippen molar-refractivity contribution in [3.8, 4) is 0 Å². The zero-order chi connectivity index (χ0) is 24.5. The van der Waals surface area contributed by atoms with Gasteiger partial charge in [-0.1, -0.05) is 18.7 Å². The molecular formula is C26H35N7O2. The number of nitrogens with two attached hydrogens (primary N) is 1. The van der Waals surface area contributed by atoms with Crippen molar-refractivity contribution in [2.75, 3.05) is 50.0 Å². The third-order valence-corrected chi connectivity index (χ3v) is 6.08. The van der Waals surface area contributed by atoms with Crippen molar-refractivity contribution < 1.29 is 9.53 Å². The Bertz CT molecular complexity index is 1030. The number of allylic oxidation sites excluding steroid dienone is 2. The molecule has 2 aliphatic rings. The van der Waals surface area contributed by atoms with Crippen LogP contribution in [0.2, 0.25) is 0 Å². The predicted molar refractivity (Wildman–Crippen MR) is 138 cm³/mol. The molecule has 186 valence electrons. The monoisotopic (exact) mass is 477 g/mol. The largest absolute Gasteiger partial charge is 0.385 e. The fourth-order valence-electron chi connectivity index (χ4n) is 3.85. The maximum atomic E-state index is 12.2. The van der Waals surface area contributed by atoms with E-state index in [9.17, 15) is 4.79 Å². The molecule has 0 spiro atoms. The number of hydrogen-bond acceptors (Lipinski definition) is 8. The first-order valence-electron chi connectivity index (χ1n) is 12.2. The van der Waals surface area contributed by atoms with Crippen LogP contribution in [0.25, 0.3) is 0 Å². The van der Waals surface area contributed by atoms with E-state index in [4.69, 9.17) is 10.5 Å². The highest BCUT2D eigenvalue weighted by Gasteiger charge is 2.23. The third kappa shape index (κ3) is 8.38.